The topological polar surface area (TPSA) is 45.9 Å². The van der Waals surface area contributed by atoms with Crippen molar-refractivity contribution < 1.29 is 17.9 Å². The number of aromatic nitrogens is 1. The van der Waals surface area contributed by atoms with Crippen LogP contribution in [0.15, 0.2) is 36.5 Å². The number of halogens is 3. The van der Waals surface area contributed by atoms with E-state index in [-0.39, 0.29) is 11.3 Å². The number of pyridine rings is 1. The highest BCUT2D eigenvalue weighted by molar-refractivity contribution is 5.71. The highest BCUT2D eigenvalue weighted by Gasteiger charge is 2.31. The molecule has 3 nitrogen and oxygen atoms in total. The van der Waals surface area contributed by atoms with Crippen molar-refractivity contribution in [3.05, 3.63) is 47.8 Å². The number of nitriles is 1. The van der Waals surface area contributed by atoms with Gasteiger partial charge in [0.1, 0.15) is 5.75 Å². The van der Waals surface area contributed by atoms with Gasteiger partial charge in [-0.05, 0) is 31.2 Å². The molecule has 0 aliphatic carbocycles. The molecule has 6 heteroatoms. The molecule has 0 atom stereocenters. The molecule has 1 heterocycles. The average molecular weight is 278 g/mol. The lowest BCUT2D eigenvalue weighted by Crippen LogP contribution is -2.17. The normalized spacial score (nSPS) is 10.9. The van der Waals surface area contributed by atoms with Gasteiger partial charge >= 0.3 is 6.36 Å². The molecule has 2 aromatic rings. The molecule has 0 saturated heterocycles. The first-order chi connectivity index (χ1) is 9.39. The van der Waals surface area contributed by atoms with E-state index in [0.717, 1.165) is 11.8 Å². The lowest BCUT2D eigenvalue weighted by atomic mass is 10.0. The second-order valence-corrected chi connectivity index (χ2v) is 4.06. The van der Waals surface area contributed by atoms with Gasteiger partial charge in [-0.3, -0.25) is 4.98 Å². The molecule has 0 aliphatic heterocycles. The Balaban J connectivity index is 2.47. The summed E-state index contributed by atoms with van der Waals surface area (Å²) in [6, 6.07) is 8.92. The zero-order valence-electron chi connectivity index (χ0n) is 10.4. The molecule has 20 heavy (non-hydrogen) atoms. The summed E-state index contributed by atoms with van der Waals surface area (Å²) in [7, 11) is 0. The van der Waals surface area contributed by atoms with E-state index in [4.69, 9.17) is 5.26 Å². The third kappa shape index (κ3) is 3.26. The Morgan fingerprint density at radius 3 is 2.50 bits per heavy atom. The van der Waals surface area contributed by atoms with Crippen molar-refractivity contribution in [2.75, 3.05) is 0 Å². The minimum absolute atomic E-state index is 0.255. The van der Waals surface area contributed by atoms with E-state index >= 15 is 0 Å². The third-order valence-electron chi connectivity index (χ3n) is 2.57. The quantitative estimate of drug-likeness (QED) is 0.838. The number of aryl methyl sites for hydroxylation is 1. The largest absolute Gasteiger partial charge is 0.573 e. The summed E-state index contributed by atoms with van der Waals surface area (Å²) < 4.78 is 40.5. The maximum atomic E-state index is 12.2. The molecule has 0 bridgehead atoms. The summed E-state index contributed by atoms with van der Waals surface area (Å²) in [4.78, 5) is 4.06. The van der Waals surface area contributed by atoms with Gasteiger partial charge in [0.25, 0.3) is 0 Å². The molecule has 0 spiro atoms. The highest BCUT2D eigenvalue weighted by Crippen LogP contribution is 2.30. The van der Waals surface area contributed by atoms with Crippen molar-refractivity contribution in [3.63, 3.8) is 0 Å². The number of nitrogens with zero attached hydrogens (tertiary/aromatic N) is 2. The van der Waals surface area contributed by atoms with Crippen LogP contribution in [0.25, 0.3) is 11.1 Å². The van der Waals surface area contributed by atoms with Crippen LogP contribution in [0, 0.1) is 18.3 Å². The molecule has 0 saturated carbocycles. The zero-order valence-corrected chi connectivity index (χ0v) is 10.4. The number of rotatable bonds is 2. The van der Waals surface area contributed by atoms with Crippen LogP contribution in [0.1, 0.15) is 11.3 Å². The maximum Gasteiger partial charge on any atom is 0.573 e. The van der Waals surface area contributed by atoms with E-state index in [1.54, 1.807) is 19.1 Å². The van der Waals surface area contributed by atoms with Crippen molar-refractivity contribution in [2.45, 2.75) is 13.3 Å². The molecule has 102 valence electrons. The average Bonchev–Trinajstić information content (AvgIpc) is 2.38. The first-order valence-electron chi connectivity index (χ1n) is 5.62. The molecule has 2 rings (SSSR count). The van der Waals surface area contributed by atoms with E-state index in [1.165, 1.54) is 18.3 Å². The number of alkyl halides is 3. The third-order valence-corrected chi connectivity index (χ3v) is 2.57. The summed E-state index contributed by atoms with van der Waals surface area (Å²) in [6.45, 7) is 1.79. The first kappa shape index (κ1) is 13.9. The lowest BCUT2D eigenvalue weighted by molar-refractivity contribution is -0.274. The van der Waals surface area contributed by atoms with E-state index in [2.05, 4.69) is 9.72 Å². The van der Waals surface area contributed by atoms with Gasteiger partial charge in [0, 0.05) is 23.0 Å². The van der Waals surface area contributed by atoms with E-state index < -0.39 is 6.36 Å². The van der Waals surface area contributed by atoms with Crippen LogP contribution in [0.2, 0.25) is 0 Å². The Kier molecular flexibility index (Phi) is 3.61. The Labute approximate surface area is 113 Å². The SMILES string of the molecule is Cc1ccc(-c2cc(OC(F)(F)F)ccc2C#N)cn1. The summed E-state index contributed by atoms with van der Waals surface area (Å²) >= 11 is 0. The van der Waals surface area contributed by atoms with Gasteiger partial charge in [-0.2, -0.15) is 5.26 Å². The van der Waals surface area contributed by atoms with Crippen LogP contribution in [0.5, 0.6) is 5.75 Å². The lowest BCUT2D eigenvalue weighted by Gasteiger charge is -2.11. The monoisotopic (exact) mass is 278 g/mol. The van der Waals surface area contributed by atoms with Crippen LogP contribution in [0.4, 0.5) is 13.2 Å². The Hall–Kier alpha value is -2.55. The van der Waals surface area contributed by atoms with Crippen molar-refractivity contribution in [2.24, 2.45) is 0 Å². The summed E-state index contributed by atoms with van der Waals surface area (Å²) in [6.07, 6.45) is -3.26. The fraction of sp³-hybridized carbons (Fsp3) is 0.143. The predicted molar refractivity (Wildman–Crippen MR) is 65.8 cm³/mol. The predicted octanol–water partition coefficient (Wildman–Crippen LogP) is 3.83. The van der Waals surface area contributed by atoms with E-state index in [9.17, 15) is 13.2 Å². The number of benzene rings is 1. The second-order valence-electron chi connectivity index (χ2n) is 4.06. The Bertz CT molecular complexity index is 658. The standard InChI is InChI=1S/C14H9F3N2O/c1-9-2-3-11(8-19-9)13-6-12(20-14(15,16)17)5-4-10(13)7-18/h2-6,8H,1H3. The summed E-state index contributed by atoms with van der Waals surface area (Å²) in [5, 5.41) is 9.02. The van der Waals surface area contributed by atoms with Crippen LogP contribution in [0.3, 0.4) is 0 Å². The first-order valence-corrected chi connectivity index (χ1v) is 5.62. The van der Waals surface area contributed by atoms with Gasteiger partial charge in [-0.15, -0.1) is 13.2 Å². The smallest absolute Gasteiger partial charge is 0.406 e. The van der Waals surface area contributed by atoms with Crippen LogP contribution in [-0.2, 0) is 0 Å². The van der Waals surface area contributed by atoms with Crippen LogP contribution in [-0.4, -0.2) is 11.3 Å². The molecule has 0 N–H and O–H groups in total. The Morgan fingerprint density at radius 1 is 1.20 bits per heavy atom. The molecule has 0 amide bonds. The zero-order chi connectivity index (χ0) is 14.8. The van der Waals surface area contributed by atoms with Gasteiger partial charge in [0.15, 0.2) is 0 Å². The summed E-state index contributed by atoms with van der Waals surface area (Å²) in [5.41, 5.74) is 1.93. The van der Waals surface area contributed by atoms with E-state index in [1.807, 2.05) is 6.07 Å². The molecule has 1 aromatic carbocycles. The minimum atomic E-state index is -4.77. The van der Waals surface area contributed by atoms with Gasteiger partial charge < -0.3 is 4.74 Å². The number of hydrogen-bond donors (Lipinski definition) is 0. The van der Waals surface area contributed by atoms with Crippen molar-refractivity contribution >= 4 is 0 Å². The minimum Gasteiger partial charge on any atom is -0.406 e. The van der Waals surface area contributed by atoms with Gasteiger partial charge in [-0.25, -0.2) is 0 Å². The molecule has 0 radical (unpaired) electrons. The van der Waals surface area contributed by atoms with Crippen molar-refractivity contribution in [1.82, 2.24) is 4.98 Å². The van der Waals surface area contributed by atoms with E-state index in [0.29, 0.717) is 11.1 Å². The fourth-order valence-electron chi connectivity index (χ4n) is 1.68. The van der Waals surface area contributed by atoms with Crippen molar-refractivity contribution in [1.29, 1.82) is 5.26 Å². The molecular weight excluding hydrogens is 269 g/mol. The number of hydrogen-bond acceptors (Lipinski definition) is 3. The highest BCUT2D eigenvalue weighted by atomic mass is 19.4. The van der Waals surface area contributed by atoms with Gasteiger partial charge in [0.05, 0.1) is 11.6 Å². The fourth-order valence-corrected chi connectivity index (χ4v) is 1.68. The molecular formula is C14H9F3N2O. The number of ether oxygens (including phenoxy) is 1. The summed E-state index contributed by atoms with van der Waals surface area (Å²) in [5.74, 6) is -0.368. The molecule has 0 aliphatic rings. The molecule has 1 aromatic heterocycles. The Morgan fingerprint density at radius 2 is 1.95 bits per heavy atom. The molecule has 0 unspecified atom stereocenters. The van der Waals surface area contributed by atoms with Crippen LogP contribution < -0.4 is 4.74 Å². The maximum absolute atomic E-state index is 12.2. The van der Waals surface area contributed by atoms with Crippen molar-refractivity contribution in [3.8, 4) is 22.9 Å². The van der Waals surface area contributed by atoms with Gasteiger partial charge in [0.2, 0.25) is 0 Å². The van der Waals surface area contributed by atoms with Gasteiger partial charge in [-0.1, -0.05) is 6.07 Å². The molecule has 0 fully saturated rings. The van der Waals surface area contributed by atoms with Crippen LogP contribution >= 0.6 is 0 Å². The second kappa shape index (κ2) is 5.21.